The Balaban J connectivity index is 2.70. The summed E-state index contributed by atoms with van der Waals surface area (Å²) >= 11 is 1.13. The minimum Gasteiger partial charge on any atom is -0.455 e. The lowest BCUT2D eigenvalue weighted by Gasteiger charge is -2.18. The molecule has 1 aromatic heterocycles. The fourth-order valence-corrected chi connectivity index (χ4v) is 1.26. The van der Waals surface area contributed by atoms with Crippen molar-refractivity contribution in [3.8, 4) is 0 Å². The first-order valence-corrected chi connectivity index (χ1v) is 4.65. The molecule has 0 radical (unpaired) electrons. The van der Waals surface area contributed by atoms with Crippen LogP contribution >= 0.6 is 11.3 Å². The van der Waals surface area contributed by atoms with Crippen molar-refractivity contribution in [2.75, 3.05) is 5.73 Å². The van der Waals surface area contributed by atoms with Crippen molar-refractivity contribution in [2.45, 2.75) is 26.4 Å². The highest BCUT2D eigenvalue weighted by Gasteiger charge is 2.19. The number of ether oxygens (including phenoxy) is 1. The van der Waals surface area contributed by atoms with Gasteiger partial charge in [0.15, 0.2) is 0 Å². The maximum absolute atomic E-state index is 11.3. The summed E-state index contributed by atoms with van der Waals surface area (Å²) in [5.74, 6) is -0.422. The SMILES string of the molecule is CC(C)(C)OC(=O)c1ncc(N)s1. The molecule has 0 bridgehead atoms. The summed E-state index contributed by atoms with van der Waals surface area (Å²) in [4.78, 5) is 15.2. The van der Waals surface area contributed by atoms with E-state index in [2.05, 4.69) is 4.98 Å². The second-order valence-electron chi connectivity index (χ2n) is 3.57. The number of nitrogen functional groups attached to an aromatic ring is 1. The number of hydrogen-bond acceptors (Lipinski definition) is 5. The van der Waals surface area contributed by atoms with E-state index in [0.717, 1.165) is 11.3 Å². The molecule has 0 aliphatic rings. The number of carbonyl (C=O) groups excluding carboxylic acids is 1. The van der Waals surface area contributed by atoms with Crippen LogP contribution in [0.15, 0.2) is 6.20 Å². The Kier molecular flexibility index (Phi) is 2.56. The van der Waals surface area contributed by atoms with E-state index in [1.807, 2.05) is 20.8 Å². The number of hydrogen-bond donors (Lipinski definition) is 1. The molecule has 0 amide bonds. The Morgan fingerprint density at radius 3 is 2.62 bits per heavy atom. The van der Waals surface area contributed by atoms with Gasteiger partial charge >= 0.3 is 5.97 Å². The van der Waals surface area contributed by atoms with Gasteiger partial charge in [-0.1, -0.05) is 11.3 Å². The molecule has 0 spiro atoms. The lowest BCUT2D eigenvalue weighted by molar-refractivity contribution is 0.00692. The van der Waals surface area contributed by atoms with Crippen molar-refractivity contribution in [3.63, 3.8) is 0 Å². The van der Waals surface area contributed by atoms with Crippen LogP contribution in [0, 0.1) is 0 Å². The van der Waals surface area contributed by atoms with Crippen molar-refractivity contribution in [1.82, 2.24) is 4.98 Å². The standard InChI is InChI=1S/C8H12N2O2S/c1-8(2,3)12-7(11)6-10-4-5(9)13-6/h4H,9H2,1-3H3. The zero-order chi connectivity index (χ0) is 10.1. The molecule has 2 N–H and O–H groups in total. The molecule has 72 valence electrons. The molecule has 0 saturated carbocycles. The van der Waals surface area contributed by atoms with E-state index in [4.69, 9.17) is 10.5 Å². The largest absolute Gasteiger partial charge is 0.455 e. The van der Waals surface area contributed by atoms with Gasteiger partial charge in [-0.2, -0.15) is 0 Å². The lowest BCUT2D eigenvalue weighted by atomic mass is 10.2. The molecule has 0 aromatic carbocycles. The second kappa shape index (κ2) is 3.33. The van der Waals surface area contributed by atoms with E-state index < -0.39 is 11.6 Å². The van der Waals surface area contributed by atoms with Crippen LogP contribution in [-0.4, -0.2) is 16.6 Å². The summed E-state index contributed by atoms with van der Waals surface area (Å²) < 4.78 is 5.09. The Morgan fingerprint density at radius 1 is 1.62 bits per heavy atom. The molecule has 0 fully saturated rings. The fraction of sp³-hybridized carbons (Fsp3) is 0.500. The highest BCUT2D eigenvalue weighted by atomic mass is 32.1. The second-order valence-corrected chi connectivity index (χ2v) is 4.63. The lowest BCUT2D eigenvalue weighted by Crippen LogP contribution is -2.23. The van der Waals surface area contributed by atoms with Crippen LogP contribution in [0.4, 0.5) is 5.00 Å². The Labute approximate surface area is 80.7 Å². The molecular formula is C8H12N2O2S. The number of thiazole rings is 1. The zero-order valence-corrected chi connectivity index (χ0v) is 8.64. The zero-order valence-electron chi connectivity index (χ0n) is 7.83. The number of nitrogens with two attached hydrogens (primary N) is 1. The van der Waals surface area contributed by atoms with Crippen LogP contribution in [0.3, 0.4) is 0 Å². The van der Waals surface area contributed by atoms with Crippen molar-refractivity contribution < 1.29 is 9.53 Å². The van der Waals surface area contributed by atoms with Crippen molar-refractivity contribution in [3.05, 3.63) is 11.2 Å². The topological polar surface area (TPSA) is 65.2 Å². The highest BCUT2D eigenvalue weighted by molar-refractivity contribution is 7.17. The van der Waals surface area contributed by atoms with Gasteiger partial charge in [0, 0.05) is 0 Å². The van der Waals surface area contributed by atoms with Crippen LogP contribution in [0.5, 0.6) is 0 Å². The number of rotatable bonds is 1. The third-order valence-corrected chi connectivity index (χ3v) is 1.90. The summed E-state index contributed by atoms with van der Waals surface area (Å²) in [6.07, 6.45) is 1.45. The molecule has 5 heteroatoms. The molecule has 0 aliphatic heterocycles. The minimum atomic E-state index is -0.489. The Hall–Kier alpha value is -1.10. The summed E-state index contributed by atoms with van der Waals surface area (Å²) in [6, 6.07) is 0. The van der Waals surface area contributed by atoms with Gasteiger partial charge in [0.2, 0.25) is 5.01 Å². The minimum absolute atomic E-state index is 0.299. The highest BCUT2D eigenvalue weighted by Crippen LogP contribution is 2.18. The quantitative estimate of drug-likeness (QED) is 0.700. The number of anilines is 1. The Morgan fingerprint density at radius 2 is 2.23 bits per heavy atom. The summed E-state index contributed by atoms with van der Waals surface area (Å²) in [7, 11) is 0. The van der Waals surface area contributed by atoms with Gasteiger partial charge in [-0.3, -0.25) is 0 Å². The van der Waals surface area contributed by atoms with E-state index in [-0.39, 0.29) is 0 Å². The maximum atomic E-state index is 11.3. The predicted molar refractivity (Wildman–Crippen MR) is 51.7 cm³/mol. The van der Waals surface area contributed by atoms with Gasteiger partial charge in [0.1, 0.15) is 10.6 Å². The van der Waals surface area contributed by atoms with Crippen LogP contribution in [0.2, 0.25) is 0 Å². The van der Waals surface area contributed by atoms with E-state index in [1.165, 1.54) is 6.20 Å². The van der Waals surface area contributed by atoms with Gasteiger partial charge < -0.3 is 10.5 Å². The first-order chi connectivity index (χ1) is 5.88. The van der Waals surface area contributed by atoms with Gasteiger partial charge in [-0.25, -0.2) is 9.78 Å². The van der Waals surface area contributed by atoms with Crippen LogP contribution in [0.25, 0.3) is 0 Å². The molecule has 0 saturated heterocycles. The van der Waals surface area contributed by atoms with Crippen LogP contribution in [0.1, 0.15) is 30.6 Å². The average molecular weight is 200 g/mol. The van der Waals surface area contributed by atoms with E-state index in [0.29, 0.717) is 10.0 Å². The first-order valence-electron chi connectivity index (χ1n) is 3.83. The van der Waals surface area contributed by atoms with Gasteiger partial charge in [-0.15, -0.1) is 0 Å². The molecule has 0 aliphatic carbocycles. The predicted octanol–water partition coefficient (Wildman–Crippen LogP) is 1.68. The number of aromatic nitrogens is 1. The third kappa shape index (κ3) is 3.02. The van der Waals surface area contributed by atoms with Gasteiger partial charge in [0.05, 0.1) is 6.20 Å². The molecule has 0 atom stereocenters. The fourth-order valence-electron chi connectivity index (χ4n) is 0.703. The van der Waals surface area contributed by atoms with Crippen molar-refractivity contribution in [1.29, 1.82) is 0 Å². The smallest absolute Gasteiger partial charge is 0.368 e. The molecule has 13 heavy (non-hydrogen) atoms. The number of carbonyl (C=O) groups is 1. The van der Waals surface area contributed by atoms with E-state index in [1.54, 1.807) is 0 Å². The number of esters is 1. The molecule has 1 aromatic rings. The molecule has 0 unspecified atom stereocenters. The van der Waals surface area contributed by atoms with Gasteiger partial charge in [-0.05, 0) is 20.8 Å². The third-order valence-electron chi connectivity index (χ3n) is 1.10. The normalized spacial score (nSPS) is 11.3. The van der Waals surface area contributed by atoms with E-state index >= 15 is 0 Å². The summed E-state index contributed by atoms with van der Waals surface area (Å²) in [5.41, 5.74) is 4.94. The monoisotopic (exact) mass is 200 g/mol. The van der Waals surface area contributed by atoms with Crippen LogP contribution < -0.4 is 5.73 Å². The molecule has 4 nitrogen and oxygen atoms in total. The molecule has 1 rings (SSSR count). The number of nitrogens with zero attached hydrogens (tertiary/aromatic N) is 1. The van der Waals surface area contributed by atoms with Crippen molar-refractivity contribution in [2.24, 2.45) is 0 Å². The van der Waals surface area contributed by atoms with Crippen molar-refractivity contribution >= 4 is 22.3 Å². The maximum Gasteiger partial charge on any atom is 0.368 e. The van der Waals surface area contributed by atoms with E-state index in [9.17, 15) is 4.79 Å². The average Bonchev–Trinajstić information content (AvgIpc) is 2.31. The molecule has 1 heterocycles. The van der Waals surface area contributed by atoms with Crippen LogP contribution in [-0.2, 0) is 4.74 Å². The Bertz CT molecular complexity index is 314. The van der Waals surface area contributed by atoms with Gasteiger partial charge in [0.25, 0.3) is 0 Å². The first kappa shape index (κ1) is 9.98. The summed E-state index contributed by atoms with van der Waals surface area (Å²) in [6.45, 7) is 5.42. The molecular weight excluding hydrogens is 188 g/mol. The summed E-state index contributed by atoms with van der Waals surface area (Å²) in [5, 5.41) is 0.813.